The van der Waals surface area contributed by atoms with Gasteiger partial charge in [-0.1, -0.05) is 32.0 Å². The average Bonchev–Trinajstić information content (AvgIpc) is 3.38. The molecular formula is C19H23BrN6. The number of nitrogens with zero attached hydrogens (tertiary/aromatic N) is 2. The van der Waals surface area contributed by atoms with Crippen molar-refractivity contribution in [3.05, 3.63) is 51.9 Å². The molecule has 4 rings (SSSR count). The molecule has 26 heavy (non-hydrogen) atoms. The van der Waals surface area contributed by atoms with Crippen molar-refractivity contribution in [2.75, 3.05) is 10.6 Å². The number of hydrogen-bond donors (Lipinski definition) is 4. The summed E-state index contributed by atoms with van der Waals surface area (Å²) in [6.07, 6.45) is 4.06. The molecule has 0 bridgehead atoms. The van der Waals surface area contributed by atoms with Gasteiger partial charge < -0.3 is 16.0 Å². The maximum atomic E-state index is 4.52. The zero-order valence-corrected chi connectivity index (χ0v) is 16.5. The van der Waals surface area contributed by atoms with Crippen molar-refractivity contribution in [3.63, 3.8) is 0 Å². The van der Waals surface area contributed by atoms with Crippen molar-refractivity contribution >= 4 is 33.6 Å². The molecule has 1 aromatic carbocycles. The second-order valence-electron chi connectivity index (χ2n) is 7.04. The lowest BCUT2D eigenvalue weighted by atomic mass is 10.0. The number of halogens is 1. The Hall–Kier alpha value is -2.28. The van der Waals surface area contributed by atoms with Crippen molar-refractivity contribution < 1.29 is 0 Å². The third-order valence-electron chi connectivity index (χ3n) is 4.60. The molecule has 0 spiro atoms. The summed E-state index contributed by atoms with van der Waals surface area (Å²) in [5.74, 6) is 2.74. The third kappa shape index (κ3) is 3.77. The summed E-state index contributed by atoms with van der Waals surface area (Å²) in [5, 5.41) is 17.7. The van der Waals surface area contributed by atoms with Gasteiger partial charge in [-0.15, -0.1) is 0 Å². The Morgan fingerprint density at radius 1 is 1.23 bits per heavy atom. The smallest absolute Gasteiger partial charge is 0.195 e. The lowest BCUT2D eigenvalue weighted by Crippen LogP contribution is -2.39. The van der Waals surface area contributed by atoms with Gasteiger partial charge in [-0.05, 0) is 46.3 Å². The van der Waals surface area contributed by atoms with Crippen molar-refractivity contribution in [2.24, 2.45) is 4.99 Å². The van der Waals surface area contributed by atoms with E-state index in [1.54, 1.807) is 0 Å². The first-order chi connectivity index (χ1) is 12.6. The molecule has 1 fully saturated rings. The zero-order valence-electron chi connectivity index (χ0n) is 14.9. The van der Waals surface area contributed by atoms with Crippen LogP contribution >= 0.6 is 15.9 Å². The number of benzene rings is 1. The number of rotatable bonds is 6. The Bertz CT molecular complexity index is 849. The Labute approximate surface area is 161 Å². The van der Waals surface area contributed by atoms with Crippen molar-refractivity contribution in [2.45, 2.75) is 44.8 Å². The number of H-pyrrole nitrogens is 1. The number of allylic oxidation sites excluding steroid dienone is 1. The molecule has 6 nitrogen and oxygen atoms in total. The Kier molecular flexibility index (Phi) is 4.72. The van der Waals surface area contributed by atoms with Crippen LogP contribution in [0.15, 0.2) is 45.6 Å². The fraction of sp³-hybridized carbons (Fsp3) is 0.368. The summed E-state index contributed by atoms with van der Waals surface area (Å²) in [5.41, 5.74) is 3.56. The molecule has 2 aromatic rings. The monoisotopic (exact) mass is 414 g/mol. The molecule has 136 valence electrons. The van der Waals surface area contributed by atoms with Crippen LogP contribution in [0.1, 0.15) is 49.8 Å². The molecule has 1 aliphatic carbocycles. The van der Waals surface area contributed by atoms with Gasteiger partial charge in [0.05, 0.1) is 4.48 Å². The molecular weight excluding hydrogens is 392 g/mol. The van der Waals surface area contributed by atoms with E-state index >= 15 is 0 Å². The van der Waals surface area contributed by atoms with E-state index in [4.69, 9.17) is 0 Å². The van der Waals surface area contributed by atoms with Crippen LogP contribution in [0.4, 0.5) is 11.5 Å². The second kappa shape index (κ2) is 7.15. The lowest BCUT2D eigenvalue weighted by Gasteiger charge is -2.26. The number of aromatic nitrogens is 2. The van der Waals surface area contributed by atoms with Crippen LogP contribution in [0.25, 0.3) is 0 Å². The van der Waals surface area contributed by atoms with Gasteiger partial charge in [-0.3, -0.25) is 5.10 Å². The second-order valence-corrected chi connectivity index (χ2v) is 7.90. The summed E-state index contributed by atoms with van der Waals surface area (Å²) in [7, 11) is 0. The van der Waals surface area contributed by atoms with Crippen molar-refractivity contribution in [3.8, 4) is 0 Å². The number of hydrogen-bond acceptors (Lipinski definition) is 5. The molecule has 4 N–H and O–H groups in total. The molecule has 1 aliphatic heterocycles. The van der Waals surface area contributed by atoms with E-state index in [-0.39, 0.29) is 6.29 Å². The zero-order chi connectivity index (χ0) is 18.1. The van der Waals surface area contributed by atoms with E-state index in [9.17, 15) is 0 Å². The van der Waals surface area contributed by atoms with Crippen LogP contribution in [0.2, 0.25) is 0 Å². The van der Waals surface area contributed by atoms with Crippen LogP contribution in [-0.2, 0) is 0 Å². The fourth-order valence-electron chi connectivity index (χ4n) is 3.03. The third-order valence-corrected chi connectivity index (χ3v) is 5.20. The van der Waals surface area contributed by atoms with E-state index in [2.05, 4.69) is 85.2 Å². The molecule has 2 heterocycles. The number of nitrogens with one attached hydrogen (secondary N) is 4. The highest BCUT2D eigenvalue weighted by molar-refractivity contribution is 9.12. The van der Waals surface area contributed by atoms with E-state index < -0.39 is 0 Å². The first-order valence-electron chi connectivity index (χ1n) is 8.97. The maximum Gasteiger partial charge on any atom is 0.195 e. The molecule has 0 amide bonds. The normalized spacial score (nSPS) is 19.6. The van der Waals surface area contributed by atoms with Gasteiger partial charge in [0.15, 0.2) is 12.1 Å². The predicted octanol–water partition coefficient (Wildman–Crippen LogP) is 4.46. The summed E-state index contributed by atoms with van der Waals surface area (Å²) in [6, 6.07) is 10.4. The number of para-hydroxylation sites is 1. The highest BCUT2D eigenvalue weighted by Crippen LogP contribution is 2.39. The minimum Gasteiger partial charge on any atom is -0.347 e. The SMILES string of the molecule is CC(C)c1ccccc1NC1N=CC(Br)=C(Nc2cc(C3CC3)[nH]n2)N1. The largest absolute Gasteiger partial charge is 0.347 e. The van der Waals surface area contributed by atoms with Gasteiger partial charge in [0.2, 0.25) is 0 Å². The molecule has 1 atom stereocenters. The Morgan fingerprint density at radius 2 is 2.04 bits per heavy atom. The molecule has 1 saturated carbocycles. The predicted molar refractivity (Wildman–Crippen MR) is 110 cm³/mol. The van der Waals surface area contributed by atoms with E-state index in [0.717, 1.165) is 21.8 Å². The molecule has 1 aromatic heterocycles. The number of aromatic amines is 1. The number of aliphatic imine (C=N–C) groups is 1. The minimum atomic E-state index is -0.249. The van der Waals surface area contributed by atoms with Crippen LogP contribution < -0.4 is 16.0 Å². The molecule has 1 unspecified atom stereocenters. The quantitative estimate of drug-likeness (QED) is 0.562. The number of anilines is 2. The first-order valence-corrected chi connectivity index (χ1v) is 9.76. The van der Waals surface area contributed by atoms with Gasteiger partial charge in [0.25, 0.3) is 0 Å². The lowest BCUT2D eigenvalue weighted by molar-refractivity contribution is 0.651. The van der Waals surface area contributed by atoms with Crippen LogP contribution in [-0.4, -0.2) is 22.7 Å². The Balaban J connectivity index is 1.45. The standard InChI is InChI=1S/C19H23BrN6/c1-11(2)13-5-3-4-6-15(13)22-19-21-10-14(20)18(24-19)23-17-9-16(25-26-17)12-7-8-12/h3-6,9-12,19,22,24H,7-8H2,1-2H3,(H2,23,25,26). The highest BCUT2D eigenvalue weighted by Gasteiger charge is 2.26. The van der Waals surface area contributed by atoms with Crippen LogP contribution in [0.3, 0.4) is 0 Å². The maximum absolute atomic E-state index is 4.52. The van der Waals surface area contributed by atoms with Gasteiger partial charge >= 0.3 is 0 Å². The fourth-order valence-corrected chi connectivity index (χ4v) is 3.36. The van der Waals surface area contributed by atoms with Crippen LogP contribution in [0, 0.1) is 0 Å². The van der Waals surface area contributed by atoms with E-state index in [1.807, 2.05) is 12.3 Å². The highest BCUT2D eigenvalue weighted by atomic mass is 79.9. The average molecular weight is 415 g/mol. The molecule has 7 heteroatoms. The van der Waals surface area contributed by atoms with Gasteiger partial charge in [0, 0.05) is 29.6 Å². The van der Waals surface area contributed by atoms with Gasteiger partial charge in [0.1, 0.15) is 5.82 Å². The van der Waals surface area contributed by atoms with Crippen LogP contribution in [0.5, 0.6) is 0 Å². The summed E-state index contributed by atoms with van der Waals surface area (Å²) in [6.45, 7) is 4.38. The molecule has 0 radical (unpaired) electrons. The summed E-state index contributed by atoms with van der Waals surface area (Å²) >= 11 is 3.55. The van der Waals surface area contributed by atoms with Crippen molar-refractivity contribution in [1.82, 2.24) is 15.5 Å². The Morgan fingerprint density at radius 3 is 2.81 bits per heavy atom. The van der Waals surface area contributed by atoms with E-state index in [1.165, 1.54) is 24.1 Å². The molecule has 2 aliphatic rings. The van der Waals surface area contributed by atoms with Gasteiger partial charge in [-0.25, -0.2) is 4.99 Å². The van der Waals surface area contributed by atoms with Gasteiger partial charge in [-0.2, -0.15) is 5.10 Å². The molecule has 0 saturated heterocycles. The summed E-state index contributed by atoms with van der Waals surface area (Å²) < 4.78 is 0.865. The first kappa shape index (κ1) is 17.1. The minimum absolute atomic E-state index is 0.249. The topological polar surface area (TPSA) is 77.1 Å². The van der Waals surface area contributed by atoms with Crippen molar-refractivity contribution in [1.29, 1.82) is 0 Å². The summed E-state index contributed by atoms with van der Waals surface area (Å²) in [4.78, 5) is 4.52. The van der Waals surface area contributed by atoms with E-state index in [0.29, 0.717) is 11.8 Å².